The predicted octanol–water partition coefficient (Wildman–Crippen LogP) is 1.04. The molecule has 0 saturated heterocycles. The summed E-state index contributed by atoms with van der Waals surface area (Å²) in [5, 5.41) is 3.13. The number of carbonyl (C=O) groups excluding carboxylic acids is 1. The van der Waals surface area contributed by atoms with Gasteiger partial charge in [0.2, 0.25) is 5.91 Å². The van der Waals surface area contributed by atoms with Crippen molar-refractivity contribution in [3.05, 3.63) is 34.3 Å². The van der Waals surface area contributed by atoms with E-state index in [9.17, 15) is 9.59 Å². The fourth-order valence-corrected chi connectivity index (χ4v) is 2.18. The molecule has 1 heterocycles. The summed E-state index contributed by atoms with van der Waals surface area (Å²) in [5.74, 6) is 0.113. The Morgan fingerprint density at radius 3 is 2.89 bits per heavy atom. The lowest BCUT2D eigenvalue weighted by molar-refractivity contribution is -0.118. The number of carbonyl (C=O) groups is 1. The molecule has 1 aromatic rings. The predicted molar refractivity (Wildman–Crippen MR) is 72.9 cm³/mol. The fourth-order valence-electron chi connectivity index (χ4n) is 1.44. The summed E-state index contributed by atoms with van der Waals surface area (Å²) in [6.07, 6.45) is 2.27. The zero-order chi connectivity index (χ0) is 13.5. The molecule has 0 aromatic carbocycles. The number of aryl methyl sites for hydroxylation is 1. The molecule has 0 saturated carbocycles. The van der Waals surface area contributed by atoms with E-state index in [4.69, 9.17) is 0 Å². The molecule has 0 fully saturated rings. The minimum Gasteiger partial charge on any atom is -0.352 e. The molecule has 0 spiro atoms. The third kappa shape index (κ3) is 4.03. The number of thioether (sulfide) groups is 1. The molecule has 6 heteroatoms. The quantitative estimate of drug-likeness (QED) is 0.459. The van der Waals surface area contributed by atoms with Crippen molar-refractivity contribution in [3.8, 4) is 0 Å². The Morgan fingerprint density at radius 2 is 2.33 bits per heavy atom. The van der Waals surface area contributed by atoms with Gasteiger partial charge in [0.1, 0.15) is 0 Å². The highest BCUT2D eigenvalue weighted by Crippen LogP contribution is 2.12. The zero-order valence-corrected chi connectivity index (χ0v) is 11.4. The average molecular weight is 267 g/mol. The second kappa shape index (κ2) is 7.00. The molecule has 1 aromatic heterocycles. The van der Waals surface area contributed by atoms with E-state index in [0.717, 1.165) is 5.69 Å². The van der Waals surface area contributed by atoms with Crippen LogP contribution in [0.15, 0.2) is 22.6 Å². The van der Waals surface area contributed by atoms with Crippen LogP contribution in [0.4, 0.5) is 0 Å². The summed E-state index contributed by atoms with van der Waals surface area (Å²) in [6.45, 7) is 7.67. The van der Waals surface area contributed by atoms with Gasteiger partial charge < -0.3 is 10.3 Å². The van der Waals surface area contributed by atoms with E-state index in [1.807, 2.05) is 6.92 Å². The molecular formula is C12H17N3O2S. The number of H-pyrrole nitrogens is 1. The van der Waals surface area contributed by atoms with Crippen molar-refractivity contribution in [3.63, 3.8) is 0 Å². The molecule has 0 radical (unpaired) electrons. The first-order valence-electron chi connectivity index (χ1n) is 5.68. The van der Waals surface area contributed by atoms with Crippen LogP contribution >= 0.6 is 11.8 Å². The summed E-state index contributed by atoms with van der Waals surface area (Å²) in [5.41, 5.74) is 1.28. The van der Waals surface area contributed by atoms with Crippen LogP contribution in [-0.4, -0.2) is 28.2 Å². The Kier molecular flexibility index (Phi) is 5.64. The molecular weight excluding hydrogens is 250 g/mol. The SMILES string of the molecule is C=CCNC(=O)CSc1nc(C)c(CC)c(=O)[nH]1. The lowest BCUT2D eigenvalue weighted by Gasteiger charge is -2.05. The average Bonchev–Trinajstić information content (AvgIpc) is 2.33. The van der Waals surface area contributed by atoms with Crippen LogP contribution in [0.5, 0.6) is 0 Å². The topological polar surface area (TPSA) is 74.8 Å². The van der Waals surface area contributed by atoms with Crippen LogP contribution in [0.2, 0.25) is 0 Å². The summed E-state index contributed by atoms with van der Waals surface area (Å²) in [7, 11) is 0. The van der Waals surface area contributed by atoms with Crippen molar-refractivity contribution in [2.24, 2.45) is 0 Å². The van der Waals surface area contributed by atoms with Crippen molar-refractivity contribution in [2.45, 2.75) is 25.4 Å². The maximum Gasteiger partial charge on any atom is 0.254 e. The maximum absolute atomic E-state index is 11.7. The van der Waals surface area contributed by atoms with E-state index in [1.165, 1.54) is 11.8 Å². The smallest absolute Gasteiger partial charge is 0.254 e. The van der Waals surface area contributed by atoms with Crippen LogP contribution in [0.3, 0.4) is 0 Å². The Balaban J connectivity index is 2.66. The van der Waals surface area contributed by atoms with Gasteiger partial charge >= 0.3 is 0 Å². The first-order chi connectivity index (χ1) is 8.58. The Hall–Kier alpha value is -1.56. The van der Waals surface area contributed by atoms with E-state index in [1.54, 1.807) is 13.0 Å². The van der Waals surface area contributed by atoms with E-state index in [2.05, 4.69) is 21.9 Å². The molecule has 1 rings (SSSR count). The first-order valence-corrected chi connectivity index (χ1v) is 6.67. The van der Waals surface area contributed by atoms with Gasteiger partial charge in [-0.1, -0.05) is 24.8 Å². The van der Waals surface area contributed by atoms with Crippen LogP contribution in [0, 0.1) is 6.92 Å². The van der Waals surface area contributed by atoms with E-state index >= 15 is 0 Å². The number of hydrogen-bond donors (Lipinski definition) is 2. The van der Waals surface area contributed by atoms with Crippen molar-refractivity contribution < 1.29 is 4.79 Å². The van der Waals surface area contributed by atoms with Crippen LogP contribution in [0.25, 0.3) is 0 Å². The number of amides is 1. The molecule has 0 atom stereocenters. The third-order valence-electron chi connectivity index (χ3n) is 2.34. The van der Waals surface area contributed by atoms with Gasteiger partial charge in [0.15, 0.2) is 5.16 Å². The fraction of sp³-hybridized carbons (Fsp3) is 0.417. The maximum atomic E-state index is 11.7. The van der Waals surface area contributed by atoms with Crippen molar-refractivity contribution >= 4 is 17.7 Å². The molecule has 0 bridgehead atoms. The monoisotopic (exact) mass is 267 g/mol. The lowest BCUT2D eigenvalue weighted by Crippen LogP contribution is -2.25. The normalized spacial score (nSPS) is 10.1. The van der Waals surface area contributed by atoms with Crippen molar-refractivity contribution in [1.82, 2.24) is 15.3 Å². The Morgan fingerprint density at radius 1 is 1.61 bits per heavy atom. The molecule has 0 aliphatic carbocycles. The number of hydrogen-bond acceptors (Lipinski definition) is 4. The van der Waals surface area contributed by atoms with Crippen LogP contribution < -0.4 is 10.9 Å². The molecule has 98 valence electrons. The van der Waals surface area contributed by atoms with E-state index in [0.29, 0.717) is 23.7 Å². The second-order valence-corrected chi connectivity index (χ2v) is 4.63. The summed E-state index contributed by atoms with van der Waals surface area (Å²) >= 11 is 1.21. The van der Waals surface area contributed by atoms with Gasteiger partial charge in [0, 0.05) is 17.8 Å². The van der Waals surface area contributed by atoms with Gasteiger partial charge in [-0.2, -0.15) is 0 Å². The highest BCUT2D eigenvalue weighted by Gasteiger charge is 2.08. The summed E-state index contributed by atoms with van der Waals surface area (Å²) < 4.78 is 0. The largest absolute Gasteiger partial charge is 0.352 e. The number of nitrogens with zero attached hydrogens (tertiary/aromatic N) is 1. The third-order valence-corrected chi connectivity index (χ3v) is 3.21. The minimum absolute atomic E-state index is 0.111. The minimum atomic E-state index is -0.126. The molecule has 1 amide bonds. The second-order valence-electron chi connectivity index (χ2n) is 3.67. The van der Waals surface area contributed by atoms with Gasteiger partial charge in [-0.25, -0.2) is 4.98 Å². The number of aromatic nitrogens is 2. The zero-order valence-electron chi connectivity index (χ0n) is 10.6. The van der Waals surface area contributed by atoms with E-state index in [-0.39, 0.29) is 17.2 Å². The standard InChI is InChI=1S/C12H17N3O2S/c1-4-6-13-10(16)7-18-12-14-8(3)9(5-2)11(17)15-12/h4H,1,5-7H2,2-3H3,(H,13,16)(H,14,15,17). The summed E-state index contributed by atoms with van der Waals surface area (Å²) in [4.78, 5) is 30.0. The highest BCUT2D eigenvalue weighted by atomic mass is 32.2. The lowest BCUT2D eigenvalue weighted by atomic mass is 10.2. The van der Waals surface area contributed by atoms with Gasteiger partial charge in [-0.05, 0) is 13.3 Å². The van der Waals surface area contributed by atoms with Crippen molar-refractivity contribution in [1.29, 1.82) is 0 Å². The Labute approximate surface area is 110 Å². The van der Waals surface area contributed by atoms with Crippen molar-refractivity contribution in [2.75, 3.05) is 12.3 Å². The van der Waals surface area contributed by atoms with Gasteiger partial charge in [0.05, 0.1) is 5.75 Å². The number of aromatic amines is 1. The molecule has 0 aliphatic rings. The molecule has 5 nitrogen and oxygen atoms in total. The van der Waals surface area contributed by atoms with Gasteiger partial charge in [-0.3, -0.25) is 9.59 Å². The number of rotatable bonds is 6. The van der Waals surface area contributed by atoms with Crippen LogP contribution in [-0.2, 0) is 11.2 Å². The van der Waals surface area contributed by atoms with E-state index < -0.39 is 0 Å². The van der Waals surface area contributed by atoms with Gasteiger partial charge in [-0.15, -0.1) is 6.58 Å². The van der Waals surface area contributed by atoms with Gasteiger partial charge in [0.25, 0.3) is 5.56 Å². The molecule has 2 N–H and O–H groups in total. The van der Waals surface area contributed by atoms with Crippen LogP contribution in [0.1, 0.15) is 18.2 Å². The number of nitrogens with one attached hydrogen (secondary N) is 2. The Bertz CT molecular complexity index is 497. The molecule has 0 aliphatic heterocycles. The first kappa shape index (κ1) is 14.5. The summed E-state index contributed by atoms with van der Waals surface area (Å²) in [6, 6.07) is 0. The molecule has 18 heavy (non-hydrogen) atoms. The molecule has 0 unspecified atom stereocenters. The highest BCUT2D eigenvalue weighted by molar-refractivity contribution is 7.99.